The zero-order valence-electron chi connectivity index (χ0n) is 13.4. The monoisotopic (exact) mass is 412 g/mol. The summed E-state index contributed by atoms with van der Waals surface area (Å²) in [6, 6.07) is 6.99. The number of thiophene rings is 1. The van der Waals surface area contributed by atoms with Crippen LogP contribution in [0.5, 0.6) is 0 Å². The Labute approximate surface area is 163 Å². The fraction of sp³-hybridized carbons (Fsp3) is 0.188. The van der Waals surface area contributed by atoms with Crippen LogP contribution in [-0.4, -0.2) is 26.4 Å². The zero-order valence-corrected chi connectivity index (χ0v) is 16.6. The van der Waals surface area contributed by atoms with Crippen LogP contribution in [0.1, 0.15) is 4.88 Å². The Hall–Kier alpha value is -1.54. The van der Waals surface area contributed by atoms with Crippen molar-refractivity contribution in [3.8, 4) is 11.4 Å². The molecule has 3 rings (SSSR count). The Morgan fingerprint density at radius 2 is 2.12 bits per heavy atom. The summed E-state index contributed by atoms with van der Waals surface area (Å²) in [4.78, 5) is 13.4. The van der Waals surface area contributed by atoms with E-state index in [1.807, 2.05) is 23.9 Å². The smallest absolute Gasteiger partial charge is 0.234 e. The molecule has 9 heteroatoms. The number of nitrogens with zero attached hydrogens (tertiary/aromatic N) is 3. The fourth-order valence-electron chi connectivity index (χ4n) is 2.16. The van der Waals surface area contributed by atoms with Crippen molar-refractivity contribution in [2.45, 2.75) is 12.1 Å². The SMILES string of the molecule is Cc1cc(-c2nnc(SCC(=O)Nc3cc(Cl)ccc3Cl)n2C)cs1. The molecular weight excluding hydrogens is 399 g/mol. The Morgan fingerprint density at radius 3 is 2.84 bits per heavy atom. The van der Waals surface area contributed by atoms with E-state index in [1.54, 1.807) is 29.5 Å². The minimum atomic E-state index is -0.190. The van der Waals surface area contributed by atoms with Gasteiger partial charge < -0.3 is 9.88 Å². The number of rotatable bonds is 5. The highest BCUT2D eigenvalue weighted by Gasteiger charge is 2.14. The maximum Gasteiger partial charge on any atom is 0.234 e. The number of carbonyl (C=O) groups excluding carboxylic acids is 1. The predicted molar refractivity (Wildman–Crippen MR) is 105 cm³/mol. The molecule has 0 spiro atoms. The van der Waals surface area contributed by atoms with Gasteiger partial charge in [-0.3, -0.25) is 4.79 Å². The van der Waals surface area contributed by atoms with Crippen molar-refractivity contribution in [2.24, 2.45) is 7.05 Å². The van der Waals surface area contributed by atoms with Gasteiger partial charge in [0.2, 0.25) is 5.91 Å². The summed E-state index contributed by atoms with van der Waals surface area (Å²) in [6.07, 6.45) is 0. The molecule has 0 atom stereocenters. The van der Waals surface area contributed by atoms with E-state index in [1.165, 1.54) is 16.6 Å². The van der Waals surface area contributed by atoms with Gasteiger partial charge in [-0.1, -0.05) is 35.0 Å². The van der Waals surface area contributed by atoms with Crippen LogP contribution in [0.2, 0.25) is 10.0 Å². The number of hydrogen-bond donors (Lipinski definition) is 1. The van der Waals surface area contributed by atoms with Gasteiger partial charge in [-0.15, -0.1) is 21.5 Å². The number of anilines is 1. The molecule has 2 heterocycles. The largest absolute Gasteiger partial charge is 0.324 e. The first-order valence-electron chi connectivity index (χ1n) is 7.26. The molecule has 25 heavy (non-hydrogen) atoms. The average Bonchev–Trinajstić information content (AvgIpc) is 3.15. The van der Waals surface area contributed by atoms with Gasteiger partial charge in [-0.25, -0.2) is 0 Å². The summed E-state index contributed by atoms with van der Waals surface area (Å²) in [5.74, 6) is 0.785. The highest BCUT2D eigenvalue weighted by Crippen LogP contribution is 2.28. The minimum absolute atomic E-state index is 0.190. The molecule has 0 aliphatic rings. The number of benzene rings is 1. The molecule has 1 amide bonds. The van der Waals surface area contributed by atoms with Crippen LogP contribution in [0.4, 0.5) is 5.69 Å². The first-order valence-corrected chi connectivity index (χ1v) is 9.89. The molecule has 0 saturated heterocycles. The highest BCUT2D eigenvalue weighted by molar-refractivity contribution is 7.99. The lowest BCUT2D eigenvalue weighted by Gasteiger charge is -2.07. The first kappa shape index (κ1) is 18.3. The van der Waals surface area contributed by atoms with E-state index in [4.69, 9.17) is 23.2 Å². The van der Waals surface area contributed by atoms with Crippen LogP contribution >= 0.6 is 46.3 Å². The molecule has 2 aromatic heterocycles. The van der Waals surface area contributed by atoms with E-state index in [0.717, 1.165) is 11.4 Å². The highest BCUT2D eigenvalue weighted by atomic mass is 35.5. The number of aromatic nitrogens is 3. The lowest BCUT2D eigenvalue weighted by molar-refractivity contribution is -0.113. The molecule has 1 aromatic carbocycles. The molecule has 0 unspecified atom stereocenters. The van der Waals surface area contributed by atoms with E-state index in [-0.39, 0.29) is 11.7 Å². The Kier molecular flexibility index (Phi) is 5.68. The summed E-state index contributed by atoms with van der Waals surface area (Å²) in [7, 11) is 1.89. The minimum Gasteiger partial charge on any atom is -0.324 e. The third-order valence-electron chi connectivity index (χ3n) is 3.36. The number of amides is 1. The van der Waals surface area contributed by atoms with Crippen molar-refractivity contribution in [1.29, 1.82) is 0 Å². The van der Waals surface area contributed by atoms with Crippen molar-refractivity contribution in [1.82, 2.24) is 14.8 Å². The number of halogens is 2. The van der Waals surface area contributed by atoms with Crippen LogP contribution in [0, 0.1) is 6.92 Å². The van der Waals surface area contributed by atoms with Crippen LogP contribution in [0.25, 0.3) is 11.4 Å². The quantitative estimate of drug-likeness (QED) is 0.605. The molecule has 0 aliphatic heterocycles. The summed E-state index contributed by atoms with van der Waals surface area (Å²) >= 11 is 14.9. The number of carbonyl (C=O) groups is 1. The van der Waals surface area contributed by atoms with Crippen LogP contribution in [0.15, 0.2) is 34.8 Å². The maximum atomic E-state index is 12.2. The third kappa shape index (κ3) is 4.36. The summed E-state index contributed by atoms with van der Waals surface area (Å²) in [5, 5.41) is 14.8. The van der Waals surface area contributed by atoms with E-state index >= 15 is 0 Å². The van der Waals surface area contributed by atoms with E-state index in [9.17, 15) is 4.79 Å². The number of hydrogen-bond acceptors (Lipinski definition) is 5. The Morgan fingerprint density at radius 1 is 1.32 bits per heavy atom. The van der Waals surface area contributed by atoms with Crippen molar-refractivity contribution in [3.05, 3.63) is 44.6 Å². The van der Waals surface area contributed by atoms with E-state index in [2.05, 4.69) is 21.6 Å². The molecule has 0 bridgehead atoms. The molecule has 5 nitrogen and oxygen atoms in total. The Balaban J connectivity index is 1.65. The average molecular weight is 413 g/mol. The molecule has 130 valence electrons. The molecular formula is C16H14Cl2N4OS2. The van der Waals surface area contributed by atoms with Gasteiger partial charge in [-0.05, 0) is 31.2 Å². The standard InChI is InChI=1S/C16H14Cl2N4OS2/c1-9-5-10(7-24-9)15-20-21-16(22(15)2)25-8-14(23)19-13-6-11(17)3-4-12(13)18/h3-7H,8H2,1-2H3,(H,19,23). The van der Waals surface area contributed by atoms with Gasteiger partial charge in [0.1, 0.15) is 0 Å². The second kappa shape index (κ2) is 7.78. The van der Waals surface area contributed by atoms with Gasteiger partial charge in [-0.2, -0.15) is 0 Å². The van der Waals surface area contributed by atoms with Gasteiger partial charge in [0.05, 0.1) is 16.5 Å². The fourth-order valence-corrected chi connectivity index (χ4v) is 3.89. The second-order valence-electron chi connectivity index (χ2n) is 5.27. The normalized spacial score (nSPS) is 10.9. The van der Waals surface area contributed by atoms with Crippen molar-refractivity contribution < 1.29 is 4.79 Å². The van der Waals surface area contributed by atoms with Gasteiger partial charge in [0, 0.05) is 27.9 Å². The molecule has 3 aromatic rings. The molecule has 0 saturated carbocycles. The third-order valence-corrected chi connectivity index (χ3v) is 5.80. The van der Waals surface area contributed by atoms with Crippen molar-refractivity contribution >= 4 is 57.9 Å². The zero-order chi connectivity index (χ0) is 18.0. The lowest BCUT2D eigenvalue weighted by Crippen LogP contribution is -2.14. The van der Waals surface area contributed by atoms with Crippen LogP contribution < -0.4 is 5.32 Å². The van der Waals surface area contributed by atoms with E-state index < -0.39 is 0 Å². The number of nitrogens with one attached hydrogen (secondary N) is 1. The molecule has 1 N–H and O–H groups in total. The Bertz CT molecular complexity index is 923. The van der Waals surface area contributed by atoms with Crippen LogP contribution in [-0.2, 0) is 11.8 Å². The summed E-state index contributed by atoms with van der Waals surface area (Å²) in [6.45, 7) is 2.05. The predicted octanol–water partition coefficient (Wildman–Crippen LogP) is 4.89. The maximum absolute atomic E-state index is 12.2. The van der Waals surface area contributed by atoms with Crippen LogP contribution in [0.3, 0.4) is 0 Å². The van der Waals surface area contributed by atoms with Gasteiger partial charge in [0.15, 0.2) is 11.0 Å². The van der Waals surface area contributed by atoms with Crippen molar-refractivity contribution in [3.63, 3.8) is 0 Å². The topological polar surface area (TPSA) is 59.8 Å². The lowest BCUT2D eigenvalue weighted by atomic mass is 10.3. The summed E-state index contributed by atoms with van der Waals surface area (Å²) < 4.78 is 1.88. The molecule has 0 aliphatic carbocycles. The van der Waals surface area contributed by atoms with Crippen molar-refractivity contribution in [2.75, 3.05) is 11.1 Å². The number of aryl methyl sites for hydroxylation is 1. The number of thioether (sulfide) groups is 1. The summed E-state index contributed by atoms with van der Waals surface area (Å²) in [5.41, 5.74) is 1.52. The second-order valence-corrected chi connectivity index (χ2v) is 8.17. The molecule has 0 radical (unpaired) electrons. The molecule has 0 fully saturated rings. The van der Waals surface area contributed by atoms with E-state index in [0.29, 0.717) is 20.9 Å². The van der Waals surface area contributed by atoms with Gasteiger partial charge in [0.25, 0.3) is 0 Å². The first-order chi connectivity index (χ1) is 11.9. The van der Waals surface area contributed by atoms with Gasteiger partial charge >= 0.3 is 0 Å².